The molecule has 5 aromatic carbocycles. The molecule has 5 rings (SSSR count). The smallest absolute Gasteiger partial charge is 0.275 e. The van der Waals surface area contributed by atoms with Crippen LogP contribution in [0.2, 0.25) is 5.02 Å². The number of aromatic hydroxyl groups is 1. The lowest BCUT2D eigenvalue weighted by Gasteiger charge is -2.15. The van der Waals surface area contributed by atoms with Crippen molar-refractivity contribution in [3.63, 3.8) is 0 Å². The van der Waals surface area contributed by atoms with Crippen LogP contribution in [-0.2, 0) is 6.61 Å². The number of hydrogen-bond donors (Lipinski definition) is 2. The van der Waals surface area contributed by atoms with Gasteiger partial charge in [-0.25, -0.2) is 5.43 Å². The first kappa shape index (κ1) is 25.1. The molecule has 1 amide bonds. The third kappa shape index (κ3) is 5.41. The van der Waals surface area contributed by atoms with Crippen molar-refractivity contribution in [3.8, 4) is 17.2 Å². The fourth-order valence-electron chi connectivity index (χ4n) is 4.27. The Bertz CT molecular complexity index is 1660. The predicted molar refractivity (Wildman–Crippen MR) is 152 cm³/mol. The minimum absolute atomic E-state index is 0.120. The zero-order valence-electron chi connectivity index (χ0n) is 20.6. The molecule has 7 heteroatoms. The Hall–Kier alpha value is -4.55. The molecule has 0 spiro atoms. The number of phenols is 1. The maximum Gasteiger partial charge on any atom is 0.275 e. The van der Waals surface area contributed by atoms with Crippen LogP contribution in [0.15, 0.2) is 96.1 Å². The van der Waals surface area contributed by atoms with Crippen molar-refractivity contribution < 1.29 is 19.4 Å². The van der Waals surface area contributed by atoms with Crippen LogP contribution in [0.1, 0.15) is 28.4 Å². The summed E-state index contributed by atoms with van der Waals surface area (Å²) in [5, 5.41) is 18.6. The minimum atomic E-state index is -0.532. The van der Waals surface area contributed by atoms with E-state index in [1.807, 2.05) is 55.5 Å². The predicted octanol–water partition coefficient (Wildman–Crippen LogP) is 7.09. The Labute approximate surface area is 225 Å². The Morgan fingerprint density at radius 2 is 1.63 bits per heavy atom. The minimum Gasteiger partial charge on any atom is -0.507 e. The highest BCUT2D eigenvalue weighted by Gasteiger charge is 2.14. The van der Waals surface area contributed by atoms with Gasteiger partial charge in [0, 0.05) is 0 Å². The number of benzene rings is 5. The zero-order chi connectivity index (χ0) is 26.5. The molecule has 0 saturated heterocycles. The van der Waals surface area contributed by atoms with Crippen molar-refractivity contribution >= 4 is 45.3 Å². The van der Waals surface area contributed by atoms with E-state index in [4.69, 9.17) is 21.1 Å². The molecule has 0 aliphatic rings. The number of hydrogen-bond acceptors (Lipinski definition) is 5. The third-order valence-corrected chi connectivity index (χ3v) is 6.35. The van der Waals surface area contributed by atoms with Gasteiger partial charge in [0.1, 0.15) is 12.4 Å². The second-order valence-electron chi connectivity index (χ2n) is 8.61. The number of fused-ring (bicyclic) bond motifs is 2. The van der Waals surface area contributed by atoms with Crippen LogP contribution in [0.3, 0.4) is 0 Å². The van der Waals surface area contributed by atoms with Crippen LogP contribution in [0.5, 0.6) is 17.2 Å². The van der Waals surface area contributed by atoms with E-state index in [-0.39, 0.29) is 11.3 Å². The van der Waals surface area contributed by atoms with Gasteiger partial charge in [-0.15, -0.1) is 0 Å². The van der Waals surface area contributed by atoms with Crippen molar-refractivity contribution in [1.29, 1.82) is 0 Å². The van der Waals surface area contributed by atoms with Crippen LogP contribution in [-0.4, -0.2) is 23.8 Å². The maximum atomic E-state index is 12.6. The summed E-state index contributed by atoms with van der Waals surface area (Å²) in [6.45, 7) is 2.61. The van der Waals surface area contributed by atoms with E-state index < -0.39 is 5.91 Å². The van der Waals surface area contributed by atoms with Crippen molar-refractivity contribution in [3.05, 3.63) is 113 Å². The third-order valence-electron chi connectivity index (χ3n) is 6.07. The fraction of sp³-hybridized carbons (Fsp3) is 0.0968. The van der Waals surface area contributed by atoms with Crippen molar-refractivity contribution in [1.82, 2.24) is 5.43 Å². The van der Waals surface area contributed by atoms with Crippen molar-refractivity contribution in [2.24, 2.45) is 5.10 Å². The van der Waals surface area contributed by atoms with Gasteiger partial charge in [0.2, 0.25) is 0 Å². The van der Waals surface area contributed by atoms with Gasteiger partial charge in [-0.05, 0) is 63.9 Å². The molecule has 0 aliphatic carbocycles. The van der Waals surface area contributed by atoms with Crippen LogP contribution >= 0.6 is 11.6 Å². The lowest BCUT2D eigenvalue weighted by atomic mass is 10.1. The van der Waals surface area contributed by atoms with Gasteiger partial charge >= 0.3 is 0 Å². The molecule has 190 valence electrons. The molecule has 6 nitrogen and oxygen atoms in total. The molecule has 0 saturated carbocycles. The average Bonchev–Trinajstić information content (AvgIpc) is 2.92. The number of carbonyl (C=O) groups is 1. The van der Waals surface area contributed by atoms with E-state index in [0.717, 1.165) is 27.1 Å². The van der Waals surface area contributed by atoms with E-state index in [2.05, 4.69) is 28.7 Å². The number of nitrogens with one attached hydrogen (secondary N) is 1. The largest absolute Gasteiger partial charge is 0.507 e. The molecular formula is C31H25ClN2O4. The van der Waals surface area contributed by atoms with Gasteiger partial charge in [-0.2, -0.15) is 5.10 Å². The lowest BCUT2D eigenvalue weighted by molar-refractivity contribution is 0.0952. The Morgan fingerprint density at radius 3 is 2.42 bits per heavy atom. The number of halogens is 1. The summed E-state index contributed by atoms with van der Waals surface area (Å²) in [6, 6.07) is 28.3. The summed E-state index contributed by atoms with van der Waals surface area (Å²) in [6.07, 6.45) is 1.46. The van der Waals surface area contributed by atoms with Crippen LogP contribution in [0, 0.1) is 0 Å². The number of amides is 1. The first-order valence-corrected chi connectivity index (χ1v) is 12.5. The topological polar surface area (TPSA) is 80.2 Å². The van der Waals surface area contributed by atoms with Gasteiger partial charge in [-0.1, -0.05) is 78.3 Å². The number of phenolic OH excluding ortho intramolecular Hbond substituents is 1. The van der Waals surface area contributed by atoms with Gasteiger partial charge < -0.3 is 14.6 Å². The summed E-state index contributed by atoms with van der Waals surface area (Å²) < 4.78 is 11.9. The molecule has 2 N–H and O–H groups in total. The number of hydrazone groups is 1. The zero-order valence-corrected chi connectivity index (χ0v) is 21.4. The molecule has 0 atom stereocenters. The monoisotopic (exact) mass is 524 g/mol. The molecule has 0 radical (unpaired) electrons. The molecule has 0 aromatic heterocycles. The first-order chi connectivity index (χ1) is 18.5. The van der Waals surface area contributed by atoms with Crippen LogP contribution in [0.25, 0.3) is 21.5 Å². The second-order valence-corrected chi connectivity index (χ2v) is 9.01. The number of carbonyl (C=O) groups excluding carboxylic acids is 1. The number of ether oxygens (including phenoxy) is 2. The summed E-state index contributed by atoms with van der Waals surface area (Å²) in [5.41, 5.74) is 4.23. The Kier molecular flexibility index (Phi) is 7.43. The van der Waals surface area contributed by atoms with Crippen molar-refractivity contribution in [2.75, 3.05) is 6.61 Å². The standard InChI is InChI=1S/C31H25ClN2O4/c1-2-37-29-15-20(18-33-34-31(36)26-16-22-9-3-4-10-23(22)17-28(26)35)14-27(32)30(29)38-19-24-12-7-11-21-8-5-6-13-25(21)24/h3-18,35H,2,19H2,1H3,(H,34,36). The number of nitrogens with zero attached hydrogens (tertiary/aromatic N) is 1. The molecule has 5 aromatic rings. The molecule has 0 fully saturated rings. The summed E-state index contributed by atoms with van der Waals surface area (Å²) >= 11 is 6.58. The highest BCUT2D eigenvalue weighted by molar-refractivity contribution is 6.32. The Balaban J connectivity index is 1.33. The van der Waals surface area contributed by atoms with Gasteiger partial charge in [0.05, 0.1) is 23.4 Å². The van der Waals surface area contributed by atoms with Crippen molar-refractivity contribution in [2.45, 2.75) is 13.5 Å². The SMILES string of the molecule is CCOc1cc(C=NNC(=O)c2cc3ccccc3cc2O)cc(Cl)c1OCc1cccc2ccccc12. The normalized spacial score (nSPS) is 11.2. The van der Waals surface area contributed by atoms with E-state index >= 15 is 0 Å². The van der Waals surface area contributed by atoms with Crippen LogP contribution in [0.4, 0.5) is 0 Å². The van der Waals surface area contributed by atoms with E-state index in [1.54, 1.807) is 24.3 Å². The van der Waals surface area contributed by atoms with Gasteiger partial charge in [-0.3, -0.25) is 4.79 Å². The molecule has 0 bridgehead atoms. The average molecular weight is 525 g/mol. The first-order valence-electron chi connectivity index (χ1n) is 12.1. The molecule has 0 heterocycles. The molecule has 38 heavy (non-hydrogen) atoms. The van der Waals surface area contributed by atoms with E-state index in [9.17, 15) is 9.90 Å². The fourth-order valence-corrected chi connectivity index (χ4v) is 4.54. The lowest BCUT2D eigenvalue weighted by Crippen LogP contribution is -2.17. The van der Waals surface area contributed by atoms with Gasteiger partial charge in [0.25, 0.3) is 5.91 Å². The summed E-state index contributed by atoms with van der Waals surface area (Å²) in [7, 11) is 0. The molecule has 0 aliphatic heterocycles. The number of rotatable bonds is 8. The maximum absolute atomic E-state index is 12.6. The highest BCUT2D eigenvalue weighted by Crippen LogP contribution is 2.37. The second kappa shape index (κ2) is 11.2. The Morgan fingerprint density at radius 1 is 0.921 bits per heavy atom. The van der Waals surface area contributed by atoms with Gasteiger partial charge in [0.15, 0.2) is 11.5 Å². The highest BCUT2D eigenvalue weighted by atomic mass is 35.5. The quantitative estimate of drug-likeness (QED) is 0.168. The molecular weight excluding hydrogens is 500 g/mol. The van der Waals surface area contributed by atoms with E-state index in [1.165, 1.54) is 6.21 Å². The van der Waals surface area contributed by atoms with E-state index in [0.29, 0.717) is 35.3 Å². The van der Waals surface area contributed by atoms with Crippen LogP contribution < -0.4 is 14.9 Å². The summed E-state index contributed by atoms with van der Waals surface area (Å²) in [5.74, 6) is 0.255. The summed E-state index contributed by atoms with van der Waals surface area (Å²) in [4.78, 5) is 12.6. The molecule has 0 unspecified atom stereocenters.